The number of aromatic amines is 1. The molecule has 0 aliphatic heterocycles. The molecule has 0 fully saturated rings. The minimum atomic E-state index is 0.111. The maximum absolute atomic E-state index is 12.1. The second-order valence-corrected chi connectivity index (χ2v) is 6.25. The Morgan fingerprint density at radius 3 is 2.79 bits per heavy atom. The van der Waals surface area contributed by atoms with Gasteiger partial charge in [0.25, 0.3) is 0 Å². The van der Waals surface area contributed by atoms with E-state index in [1.807, 2.05) is 18.2 Å². The Bertz CT molecular complexity index is 795. The average Bonchev–Trinajstić information content (AvgIpc) is 3.07. The van der Waals surface area contributed by atoms with Gasteiger partial charge in [-0.25, -0.2) is 4.98 Å². The van der Waals surface area contributed by atoms with Crippen molar-refractivity contribution in [3.8, 4) is 0 Å². The van der Waals surface area contributed by atoms with Gasteiger partial charge in [0.2, 0.25) is 5.91 Å². The normalized spacial score (nSPS) is 12.2. The molecule has 1 aromatic heterocycles. The Kier molecular flexibility index (Phi) is 5.26. The molecular formula is C20H23N3O. The molecule has 1 heterocycles. The molecule has 3 aromatic rings. The van der Waals surface area contributed by atoms with Crippen molar-refractivity contribution in [1.29, 1.82) is 0 Å². The number of aryl methyl sites for hydroxylation is 2. The monoisotopic (exact) mass is 321 g/mol. The number of hydrogen-bond donors (Lipinski definition) is 2. The van der Waals surface area contributed by atoms with E-state index in [1.165, 1.54) is 5.56 Å². The highest BCUT2D eigenvalue weighted by molar-refractivity contribution is 5.77. The average molecular weight is 321 g/mol. The predicted octanol–water partition coefficient (Wildman–Crippen LogP) is 3.63. The number of amides is 1. The number of hydrogen-bond acceptors (Lipinski definition) is 2. The number of benzene rings is 2. The Morgan fingerprint density at radius 1 is 1.12 bits per heavy atom. The Morgan fingerprint density at radius 2 is 1.96 bits per heavy atom. The number of carbonyl (C=O) groups is 1. The van der Waals surface area contributed by atoms with Crippen LogP contribution in [0, 0.1) is 0 Å². The van der Waals surface area contributed by atoms with Crippen LogP contribution in [0.15, 0.2) is 54.9 Å². The molecular weight excluding hydrogens is 298 g/mol. The van der Waals surface area contributed by atoms with Crippen LogP contribution in [0.5, 0.6) is 0 Å². The van der Waals surface area contributed by atoms with Crippen LogP contribution < -0.4 is 5.32 Å². The fourth-order valence-corrected chi connectivity index (χ4v) is 2.84. The van der Waals surface area contributed by atoms with Gasteiger partial charge in [0, 0.05) is 12.5 Å². The van der Waals surface area contributed by atoms with Crippen LogP contribution in [0.25, 0.3) is 11.0 Å². The second kappa shape index (κ2) is 7.77. The molecule has 0 aliphatic carbocycles. The molecule has 0 aliphatic rings. The van der Waals surface area contributed by atoms with Crippen molar-refractivity contribution in [2.45, 2.75) is 38.6 Å². The summed E-state index contributed by atoms with van der Waals surface area (Å²) in [6.07, 6.45) is 4.88. The van der Waals surface area contributed by atoms with E-state index in [-0.39, 0.29) is 11.9 Å². The summed E-state index contributed by atoms with van der Waals surface area (Å²) in [6, 6.07) is 16.7. The molecule has 0 spiro atoms. The third-order valence-electron chi connectivity index (χ3n) is 4.24. The van der Waals surface area contributed by atoms with Crippen LogP contribution in [0.2, 0.25) is 0 Å². The Balaban J connectivity index is 1.43. The quantitative estimate of drug-likeness (QED) is 0.698. The molecule has 1 unspecified atom stereocenters. The maximum Gasteiger partial charge on any atom is 0.220 e. The van der Waals surface area contributed by atoms with Gasteiger partial charge in [-0.15, -0.1) is 0 Å². The highest BCUT2D eigenvalue weighted by atomic mass is 16.1. The molecule has 0 saturated heterocycles. The first-order valence-corrected chi connectivity index (χ1v) is 8.46. The summed E-state index contributed by atoms with van der Waals surface area (Å²) in [5.41, 5.74) is 4.44. The van der Waals surface area contributed by atoms with E-state index in [4.69, 9.17) is 0 Å². The lowest BCUT2D eigenvalue weighted by molar-refractivity contribution is -0.121. The zero-order valence-corrected chi connectivity index (χ0v) is 14.0. The van der Waals surface area contributed by atoms with E-state index < -0.39 is 0 Å². The third kappa shape index (κ3) is 4.44. The van der Waals surface area contributed by atoms with Crippen LogP contribution in [0.3, 0.4) is 0 Å². The van der Waals surface area contributed by atoms with E-state index in [9.17, 15) is 4.79 Å². The van der Waals surface area contributed by atoms with Crippen molar-refractivity contribution in [2.24, 2.45) is 0 Å². The van der Waals surface area contributed by atoms with Crippen LogP contribution >= 0.6 is 0 Å². The summed E-state index contributed by atoms with van der Waals surface area (Å²) >= 11 is 0. The van der Waals surface area contributed by atoms with Gasteiger partial charge in [-0.05, 0) is 49.4 Å². The van der Waals surface area contributed by atoms with Crippen molar-refractivity contribution in [3.63, 3.8) is 0 Å². The van der Waals surface area contributed by atoms with Gasteiger partial charge in [-0.1, -0.05) is 36.4 Å². The van der Waals surface area contributed by atoms with Gasteiger partial charge >= 0.3 is 0 Å². The zero-order valence-electron chi connectivity index (χ0n) is 14.0. The smallest absolute Gasteiger partial charge is 0.220 e. The van der Waals surface area contributed by atoms with Gasteiger partial charge in [0.15, 0.2) is 0 Å². The van der Waals surface area contributed by atoms with Crippen LogP contribution in [-0.4, -0.2) is 21.9 Å². The highest BCUT2D eigenvalue weighted by Gasteiger charge is 2.08. The van der Waals surface area contributed by atoms with E-state index in [2.05, 4.69) is 52.5 Å². The molecule has 1 amide bonds. The molecule has 24 heavy (non-hydrogen) atoms. The lowest BCUT2D eigenvalue weighted by Gasteiger charge is -2.14. The van der Waals surface area contributed by atoms with Gasteiger partial charge in [-0.2, -0.15) is 0 Å². The fraction of sp³-hybridized carbons (Fsp3) is 0.300. The molecule has 0 radical (unpaired) electrons. The number of nitrogens with zero attached hydrogens (tertiary/aromatic N) is 1. The number of aromatic nitrogens is 2. The number of rotatable bonds is 7. The summed E-state index contributed by atoms with van der Waals surface area (Å²) in [5.74, 6) is 0.111. The highest BCUT2D eigenvalue weighted by Crippen LogP contribution is 2.13. The number of nitrogens with one attached hydrogen (secondary N) is 2. The van der Waals surface area contributed by atoms with E-state index in [0.717, 1.165) is 35.9 Å². The van der Waals surface area contributed by atoms with Gasteiger partial charge < -0.3 is 10.3 Å². The van der Waals surface area contributed by atoms with Crippen molar-refractivity contribution in [1.82, 2.24) is 15.3 Å². The first-order chi connectivity index (χ1) is 11.7. The number of carbonyl (C=O) groups excluding carboxylic acids is 1. The lowest BCUT2D eigenvalue weighted by atomic mass is 10.1. The first kappa shape index (κ1) is 16.2. The summed E-state index contributed by atoms with van der Waals surface area (Å²) < 4.78 is 0. The topological polar surface area (TPSA) is 57.8 Å². The first-order valence-electron chi connectivity index (χ1n) is 8.46. The molecule has 2 N–H and O–H groups in total. The summed E-state index contributed by atoms with van der Waals surface area (Å²) in [7, 11) is 0. The number of H-pyrrole nitrogens is 1. The SMILES string of the molecule is CC(CCc1ccccc1)NC(=O)CCc1ccc2nc[nH]c2c1. The molecule has 1 atom stereocenters. The van der Waals surface area contributed by atoms with Gasteiger partial charge in [-0.3, -0.25) is 4.79 Å². The molecule has 4 nitrogen and oxygen atoms in total. The van der Waals surface area contributed by atoms with Crippen molar-refractivity contribution >= 4 is 16.9 Å². The van der Waals surface area contributed by atoms with Gasteiger partial charge in [0.05, 0.1) is 17.4 Å². The van der Waals surface area contributed by atoms with E-state index >= 15 is 0 Å². The van der Waals surface area contributed by atoms with Crippen LogP contribution in [0.1, 0.15) is 30.9 Å². The Hall–Kier alpha value is -2.62. The van der Waals surface area contributed by atoms with E-state index in [1.54, 1.807) is 6.33 Å². The van der Waals surface area contributed by atoms with Crippen LogP contribution in [-0.2, 0) is 17.6 Å². The second-order valence-electron chi connectivity index (χ2n) is 6.25. The lowest BCUT2D eigenvalue weighted by Crippen LogP contribution is -2.33. The molecule has 4 heteroatoms. The Labute approximate surface area is 142 Å². The number of imidazole rings is 1. The minimum absolute atomic E-state index is 0.111. The molecule has 2 aromatic carbocycles. The molecule has 124 valence electrons. The standard InChI is InChI=1S/C20H23N3O/c1-15(7-8-16-5-3-2-4-6-16)23-20(24)12-10-17-9-11-18-19(13-17)22-14-21-18/h2-6,9,11,13-15H,7-8,10,12H2,1H3,(H,21,22)(H,23,24). The van der Waals surface area contributed by atoms with Crippen LogP contribution in [0.4, 0.5) is 0 Å². The third-order valence-corrected chi connectivity index (χ3v) is 4.24. The number of fused-ring (bicyclic) bond motifs is 1. The van der Waals surface area contributed by atoms with Crippen molar-refractivity contribution < 1.29 is 4.79 Å². The van der Waals surface area contributed by atoms with Crippen molar-refractivity contribution in [3.05, 3.63) is 66.0 Å². The minimum Gasteiger partial charge on any atom is -0.354 e. The van der Waals surface area contributed by atoms with Crippen molar-refractivity contribution in [2.75, 3.05) is 0 Å². The summed E-state index contributed by atoms with van der Waals surface area (Å²) in [6.45, 7) is 2.07. The summed E-state index contributed by atoms with van der Waals surface area (Å²) in [4.78, 5) is 19.4. The predicted molar refractivity (Wildman–Crippen MR) is 96.8 cm³/mol. The van der Waals surface area contributed by atoms with E-state index in [0.29, 0.717) is 6.42 Å². The molecule has 0 saturated carbocycles. The van der Waals surface area contributed by atoms with Gasteiger partial charge in [0.1, 0.15) is 0 Å². The largest absolute Gasteiger partial charge is 0.354 e. The molecule has 0 bridgehead atoms. The maximum atomic E-state index is 12.1. The summed E-state index contributed by atoms with van der Waals surface area (Å²) in [5, 5.41) is 3.09. The molecule has 3 rings (SSSR count). The fourth-order valence-electron chi connectivity index (χ4n) is 2.84. The zero-order chi connectivity index (χ0) is 16.8.